The highest BCUT2D eigenvalue weighted by molar-refractivity contribution is 7.99. The summed E-state index contributed by atoms with van der Waals surface area (Å²) in [5.41, 5.74) is 1.34. The minimum atomic E-state index is 0.191. The van der Waals surface area contributed by atoms with Crippen LogP contribution in [0, 0.1) is 0 Å². The second-order valence-electron chi connectivity index (χ2n) is 7.22. The van der Waals surface area contributed by atoms with Gasteiger partial charge in [-0.25, -0.2) is 0 Å². The summed E-state index contributed by atoms with van der Waals surface area (Å²) in [5.74, 6) is 1.97. The van der Waals surface area contributed by atoms with Gasteiger partial charge in [0.15, 0.2) is 16.7 Å². The Morgan fingerprint density at radius 1 is 1.21 bits per heavy atom. The number of aryl methyl sites for hydroxylation is 1. The first-order valence-electron chi connectivity index (χ1n) is 10.2. The number of benzene rings is 1. The molecule has 0 saturated carbocycles. The summed E-state index contributed by atoms with van der Waals surface area (Å²) in [5, 5.41) is 9.29. The average Bonchev–Trinajstić information content (AvgIpc) is 3.51. The van der Waals surface area contributed by atoms with Crippen molar-refractivity contribution < 1.29 is 9.21 Å². The largest absolute Gasteiger partial charge is 0.461 e. The van der Waals surface area contributed by atoms with Gasteiger partial charge in [-0.1, -0.05) is 42.1 Å². The Hall–Kier alpha value is -2.54. The fourth-order valence-electron chi connectivity index (χ4n) is 3.92. The molecule has 29 heavy (non-hydrogen) atoms. The van der Waals surface area contributed by atoms with Crippen molar-refractivity contribution in [2.75, 3.05) is 12.3 Å². The third-order valence-electron chi connectivity index (χ3n) is 5.41. The standard InChI is InChI=1S/C22H26N4O2S/c1-2-25-21(19-11-7-15-28-19)23-24-22(25)29-16-20(27)26-14-6-10-18(26)13-12-17-8-4-3-5-9-17/h3-5,7-9,11,15,18H,2,6,10,12-14,16H2,1H3. The van der Waals surface area contributed by atoms with Crippen molar-refractivity contribution in [2.45, 2.75) is 50.4 Å². The van der Waals surface area contributed by atoms with E-state index in [1.807, 2.05) is 29.7 Å². The van der Waals surface area contributed by atoms with E-state index >= 15 is 0 Å². The molecule has 0 N–H and O–H groups in total. The molecule has 0 bridgehead atoms. The van der Waals surface area contributed by atoms with Crippen molar-refractivity contribution in [2.24, 2.45) is 0 Å². The van der Waals surface area contributed by atoms with Crippen molar-refractivity contribution in [3.8, 4) is 11.6 Å². The lowest BCUT2D eigenvalue weighted by Crippen LogP contribution is -2.37. The maximum atomic E-state index is 12.9. The van der Waals surface area contributed by atoms with Crippen LogP contribution >= 0.6 is 11.8 Å². The molecule has 1 aromatic carbocycles. The molecule has 1 aliphatic rings. The van der Waals surface area contributed by atoms with Crippen LogP contribution in [0.5, 0.6) is 0 Å². The highest BCUT2D eigenvalue weighted by Gasteiger charge is 2.28. The van der Waals surface area contributed by atoms with Gasteiger partial charge >= 0.3 is 0 Å². The molecule has 7 heteroatoms. The summed E-state index contributed by atoms with van der Waals surface area (Å²) in [6.45, 7) is 3.63. The number of aromatic nitrogens is 3. The Kier molecular flexibility index (Phi) is 6.34. The van der Waals surface area contributed by atoms with Crippen molar-refractivity contribution >= 4 is 17.7 Å². The fourth-order valence-corrected chi connectivity index (χ4v) is 4.81. The minimum absolute atomic E-state index is 0.191. The molecule has 1 unspecified atom stereocenters. The highest BCUT2D eigenvalue weighted by Crippen LogP contribution is 2.27. The monoisotopic (exact) mass is 410 g/mol. The number of hydrogen-bond donors (Lipinski definition) is 0. The lowest BCUT2D eigenvalue weighted by Gasteiger charge is -2.24. The van der Waals surface area contributed by atoms with Gasteiger partial charge in [0.1, 0.15) is 0 Å². The molecule has 0 radical (unpaired) electrons. The summed E-state index contributed by atoms with van der Waals surface area (Å²) in [6.07, 6.45) is 5.84. The topological polar surface area (TPSA) is 64.2 Å². The van der Waals surface area contributed by atoms with E-state index in [4.69, 9.17) is 4.42 Å². The van der Waals surface area contributed by atoms with Crippen LogP contribution in [0.4, 0.5) is 0 Å². The zero-order chi connectivity index (χ0) is 20.1. The second-order valence-corrected chi connectivity index (χ2v) is 8.17. The highest BCUT2D eigenvalue weighted by atomic mass is 32.2. The van der Waals surface area contributed by atoms with Gasteiger partial charge in [0.25, 0.3) is 0 Å². The second kappa shape index (κ2) is 9.31. The number of carbonyl (C=O) groups excluding carboxylic acids is 1. The van der Waals surface area contributed by atoms with Gasteiger partial charge in [-0.2, -0.15) is 0 Å². The summed E-state index contributed by atoms with van der Waals surface area (Å²) >= 11 is 1.46. The Balaban J connectivity index is 1.35. The molecule has 6 nitrogen and oxygen atoms in total. The molecule has 152 valence electrons. The van der Waals surface area contributed by atoms with E-state index < -0.39 is 0 Å². The van der Waals surface area contributed by atoms with Gasteiger partial charge in [-0.05, 0) is 50.3 Å². The van der Waals surface area contributed by atoms with E-state index in [1.165, 1.54) is 17.3 Å². The summed E-state index contributed by atoms with van der Waals surface area (Å²) in [4.78, 5) is 15.0. The predicted molar refractivity (Wildman–Crippen MR) is 114 cm³/mol. The van der Waals surface area contributed by atoms with Gasteiger partial charge in [0, 0.05) is 19.1 Å². The number of nitrogens with zero attached hydrogens (tertiary/aromatic N) is 4. The van der Waals surface area contributed by atoms with Crippen molar-refractivity contribution in [3.63, 3.8) is 0 Å². The number of rotatable bonds is 8. The number of carbonyl (C=O) groups is 1. The molecular formula is C22H26N4O2S. The van der Waals surface area contributed by atoms with Gasteiger partial charge in [-0.15, -0.1) is 10.2 Å². The van der Waals surface area contributed by atoms with Crippen molar-refractivity contribution in [1.82, 2.24) is 19.7 Å². The third kappa shape index (κ3) is 4.56. The SMILES string of the molecule is CCn1c(SCC(=O)N2CCCC2CCc2ccccc2)nnc1-c1ccco1. The summed E-state index contributed by atoms with van der Waals surface area (Å²) in [6, 6.07) is 14.6. The van der Waals surface area contributed by atoms with Gasteiger partial charge in [0.05, 0.1) is 12.0 Å². The third-order valence-corrected chi connectivity index (χ3v) is 6.36. The molecule has 0 aliphatic carbocycles. The van der Waals surface area contributed by atoms with E-state index in [1.54, 1.807) is 6.26 Å². The lowest BCUT2D eigenvalue weighted by molar-refractivity contribution is -0.129. The average molecular weight is 411 g/mol. The number of furan rings is 1. The van der Waals surface area contributed by atoms with Crippen LogP contribution < -0.4 is 0 Å². The lowest BCUT2D eigenvalue weighted by atomic mass is 10.0. The molecule has 2 aromatic heterocycles. The molecule has 1 atom stereocenters. The van der Waals surface area contributed by atoms with Crippen LogP contribution in [0.15, 0.2) is 58.3 Å². The van der Waals surface area contributed by atoms with E-state index in [9.17, 15) is 4.79 Å². The summed E-state index contributed by atoms with van der Waals surface area (Å²) < 4.78 is 7.45. The fraction of sp³-hybridized carbons (Fsp3) is 0.409. The predicted octanol–water partition coefficient (Wildman–Crippen LogP) is 4.27. The van der Waals surface area contributed by atoms with Crippen LogP contribution in [-0.4, -0.2) is 43.9 Å². The van der Waals surface area contributed by atoms with Crippen molar-refractivity contribution in [1.29, 1.82) is 0 Å². The van der Waals surface area contributed by atoms with Gasteiger partial charge in [0.2, 0.25) is 5.91 Å². The first-order chi connectivity index (χ1) is 14.3. The van der Waals surface area contributed by atoms with Gasteiger partial charge in [-0.3, -0.25) is 9.36 Å². The Morgan fingerprint density at radius 3 is 2.83 bits per heavy atom. The molecule has 3 aromatic rings. The van der Waals surface area contributed by atoms with Crippen LogP contribution in [0.25, 0.3) is 11.6 Å². The number of amides is 1. The molecule has 1 aliphatic heterocycles. The van der Waals surface area contributed by atoms with Crippen LogP contribution in [0.1, 0.15) is 31.7 Å². The normalized spacial score (nSPS) is 16.4. The molecule has 1 saturated heterocycles. The molecule has 1 amide bonds. The number of hydrogen-bond acceptors (Lipinski definition) is 5. The van der Waals surface area contributed by atoms with E-state index in [0.29, 0.717) is 23.4 Å². The zero-order valence-electron chi connectivity index (χ0n) is 16.7. The minimum Gasteiger partial charge on any atom is -0.461 e. The molecule has 3 heterocycles. The Bertz CT molecular complexity index is 924. The smallest absolute Gasteiger partial charge is 0.233 e. The molecule has 4 rings (SSSR count). The number of thioether (sulfide) groups is 1. The van der Waals surface area contributed by atoms with E-state index in [-0.39, 0.29) is 5.91 Å². The first kappa shape index (κ1) is 19.8. The van der Waals surface area contributed by atoms with Crippen LogP contribution in [0.2, 0.25) is 0 Å². The van der Waals surface area contributed by atoms with Crippen LogP contribution in [-0.2, 0) is 17.8 Å². The van der Waals surface area contributed by atoms with E-state index in [2.05, 4.69) is 39.4 Å². The Labute approximate surface area is 175 Å². The maximum absolute atomic E-state index is 12.9. The number of likely N-dealkylation sites (tertiary alicyclic amines) is 1. The summed E-state index contributed by atoms with van der Waals surface area (Å²) in [7, 11) is 0. The molecular weight excluding hydrogens is 384 g/mol. The van der Waals surface area contributed by atoms with Crippen molar-refractivity contribution in [3.05, 3.63) is 54.3 Å². The Morgan fingerprint density at radius 2 is 2.07 bits per heavy atom. The first-order valence-corrected chi connectivity index (χ1v) is 11.2. The quantitative estimate of drug-likeness (QED) is 0.519. The van der Waals surface area contributed by atoms with Gasteiger partial charge < -0.3 is 9.32 Å². The molecule has 0 spiro atoms. The van der Waals surface area contributed by atoms with E-state index in [0.717, 1.165) is 43.9 Å². The van der Waals surface area contributed by atoms with Crippen LogP contribution in [0.3, 0.4) is 0 Å². The maximum Gasteiger partial charge on any atom is 0.233 e. The molecule has 1 fully saturated rings. The zero-order valence-corrected chi connectivity index (χ0v) is 17.5.